The molecule has 33 heavy (non-hydrogen) atoms. The lowest BCUT2D eigenvalue weighted by Crippen LogP contribution is -2.32. The summed E-state index contributed by atoms with van der Waals surface area (Å²) in [4.78, 5) is 19.1. The van der Waals surface area contributed by atoms with Crippen molar-refractivity contribution >= 4 is 29.0 Å². The second-order valence-electron chi connectivity index (χ2n) is 6.83. The fourth-order valence-electron chi connectivity index (χ4n) is 3.34. The predicted molar refractivity (Wildman–Crippen MR) is 119 cm³/mol. The Labute approximate surface area is 186 Å². The molecule has 1 aromatic heterocycles. The van der Waals surface area contributed by atoms with Gasteiger partial charge in [0, 0.05) is 17.7 Å². The van der Waals surface area contributed by atoms with E-state index in [0.29, 0.717) is 22.6 Å². The minimum Gasteiger partial charge on any atom is -0.457 e. The molecule has 0 aliphatic carbocycles. The highest BCUT2D eigenvalue weighted by Gasteiger charge is 2.29. The quantitative estimate of drug-likeness (QED) is 0.202. The number of hydrogen-bond acceptors (Lipinski definition) is 11. The molecule has 1 unspecified atom stereocenters. The molecule has 12 heteroatoms. The van der Waals surface area contributed by atoms with E-state index in [2.05, 4.69) is 20.6 Å². The molecule has 2 heterocycles. The second kappa shape index (κ2) is 8.41. The van der Waals surface area contributed by atoms with Gasteiger partial charge in [-0.3, -0.25) is 15.4 Å². The number of nitrogen functional groups attached to an aromatic ring is 2. The van der Waals surface area contributed by atoms with Crippen LogP contribution in [0, 0.1) is 32.9 Å². The van der Waals surface area contributed by atoms with Gasteiger partial charge in [0.25, 0.3) is 5.69 Å². The van der Waals surface area contributed by atoms with Crippen molar-refractivity contribution in [3.63, 3.8) is 0 Å². The van der Waals surface area contributed by atoms with Crippen LogP contribution in [0.5, 0.6) is 11.5 Å². The Kier molecular flexibility index (Phi) is 5.32. The van der Waals surface area contributed by atoms with E-state index >= 15 is 0 Å². The Hall–Kier alpha value is -5.36. The summed E-state index contributed by atoms with van der Waals surface area (Å²) in [6.45, 7) is 0. The van der Waals surface area contributed by atoms with Crippen LogP contribution in [0.1, 0.15) is 22.7 Å². The molecular formula is C21H15N9O3. The van der Waals surface area contributed by atoms with Gasteiger partial charge in [0.05, 0.1) is 10.6 Å². The van der Waals surface area contributed by atoms with Gasteiger partial charge in [-0.05, 0) is 29.8 Å². The van der Waals surface area contributed by atoms with E-state index in [1.165, 1.54) is 24.3 Å². The van der Waals surface area contributed by atoms with Gasteiger partial charge in [0.15, 0.2) is 6.19 Å². The first-order valence-corrected chi connectivity index (χ1v) is 9.42. The van der Waals surface area contributed by atoms with E-state index in [-0.39, 0.29) is 34.5 Å². The van der Waals surface area contributed by atoms with Crippen LogP contribution in [0.4, 0.5) is 23.0 Å². The van der Waals surface area contributed by atoms with Gasteiger partial charge >= 0.3 is 0 Å². The van der Waals surface area contributed by atoms with Gasteiger partial charge in [-0.1, -0.05) is 12.1 Å². The number of ether oxygens (including phenoxy) is 1. The maximum Gasteiger partial charge on any atom is 0.269 e. The number of non-ortho nitro benzene ring substituents is 1. The number of nitriles is 2. The van der Waals surface area contributed by atoms with Gasteiger partial charge in [0.2, 0.25) is 5.96 Å². The number of nitrogens with one attached hydrogen (secondary N) is 2. The molecule has 0 radical (unpaired) electrons. The van der Waals surface area contributed by atoms with Crippen LogP contribution in [-0.2, 0) is 0 Å². The molecule has 0 saturated carbocycles. The number of guanidine groups is 1. The fraction of sp³-hybridized carbons (Fsp3) is 0.0476. The van der Waals surface area contributed by atoms with Gasteiger partial charge in [-0.15, -0.1) is 0 Å². The summed E-state index contributed by atoms with van der Waals surface area (Å²) in [6, 6.07) is 13.8. The normalized spacial score (nSPS) is 14.0. The molecule has 2 aromatic carbocycles. The number of rotatable bonds is 4. The zero-order valence-electron chi connectivity index (χ0n) is 16.8. The third-order valence-corrected chi connectivity index (χ3v) is 4.81. The van der Waals surface area contributed by atoms with Gasteiger partial charge in [-0.25, -0.2) is 9.98 Å². The maximum atomic E-state index is 10.8. The molecule has 1 atom stereocenters. The monoisotopic (exact) mass is 441 g/mol. The summed E-state index contributed by atoms with van der Waals surface area (Å²) < 4.78 is 5.83. The summed E-state index contributed by atoms with van der Waals surface area (Å²) in [5, 5.41) is 34.6. The van der Waals surface area contributed by atoms with E-state index in [9.17, 15) is 15.4 Å². The number of nitro groups is 1. The maximum absolute atomic E-state index is 10.8. The molecule has 0 fully saturated rings. The largest absolute Gasteiger partial charge is 0.457 e. The van der Waals surface area contributed by atoms with Crippen molar-refractivity contribution in [1.82, 2.24) is 10.3 Å². The lowest BCUT2D eigenvalue weighted by Gasteiger charge is -2.26. The Morgan fingerprint density at radius 1 is 1.15 bits per heavy atom. The van der Waals surface area contributed by atoms with E-state index < -0.39 is 11.0 Å². The van der Waals surface area contributed by atoms with Crippen LogP contribution in [0.2, 0.25) is 0 Å². The van der Waals surface area contributed by atoms with Gasteiger partial charge < -0.3 is 21.5 Å². The number of aliphatic imine (C=N–C) groups is 1. The molecule has 4 rings (SSSR count). The molecule has 0 bridgehead atoms. The highest BCUT2D eigenvalue weighted by Crippen LogP contribution is 2.41. The van der Waals surface area contributed by atoms with Crippen molar-refractivity contribution in [2.45, 2.75) is 6.04 Å². The number of pyridine rings is 1. The number of hydrogen-bond donors (Lipinski definition) is 4. The summed E-state index contributed by atoms with van der Waals surface area (Å²) in [7, 11) is 0. The smallest absolute Gasteiger partial charge is 0.269 e. The first kappa shape index (κ1) is 20.9. The van der Waals surface area contributed by atoms with Gasteiger partial charge in [0.1, 0.15) is 40.8 Å². The third-order valence-electron chi connectivity index (χ3n) is 4.81. The van der Waals surface area contributed by atoms with Crippen molar-refractivity contribution in [2.24, 2.45) is 4.99 Å². The molecule has 0 spiro atoms. The molecule has 6 N–H and O–H groups in total. The molecule has 3 aromatic rings. The molecule has 0 amide bonds. The van der Waals surface area contributed by atoms with Crippen LogP contribution in [-0.4, -0.2) is 15.9 Å². The average Bonchev–Trinajstić information content (AvgIpc) is 2.79. The van der Waals surface area contributed by atoms with Crippen LogP contribution in [0.3, 0.4) is 0 Å². The zero-order valence-corrected chi connectivity index (χ0v) is 16.8. The van der Waals surface area contributed by atoms with Crippen LogP contribution in [0.15, 0.2) is 53.5 Å². The molecule has 1 aliphatic rings. The Balaban J connectivity index is 1.75. The number of aromatic nitrogens is 1. The summed E-state index contributed by atoms with van der Waals surface area (Å²) >= 11 is 0. The van der Waals surface area contributed by atoms with Crippen LogP contribution >= 0.6 is 0 Å². The van der Waals surface area contributed by atoms with Crippen molar-refractivity contribution in [1.29, 1.82) is 10.5 Å². The number of anilines is 3. The minimum atomic E-state index is -0.724. The number of fused-ring (bicyclic) bond motifs is 1. The van der Waals surface area contributed by atoms with Crippen molar-refractivity contribution in [2.75, 3.05) is 16.8 Å². The summed E-state index contributed by atoms with van der Waals surface area (Å²) in [6.07, 6.45) is 1.79. The molecule has 1 aliphatic heterocycles. The fourth-order valence-corrected chi connectivity index (χ4v) is 3.34. The topological polar surface area (TPSA) is 201 Å². The molecule has 0 saturated heterocycles. The van der Waals surface area contributed by atoms with Crippen molar-refractivity contribution in [3.8, 4) is 23.8 Å². The third kappa shape index (κ3) is 3.99. The molecule has 162 valence electrons. The number of nitrogens with two attached hydrogens (primary N) is 2. The SMILES string of the molecule is N#CNC1=NC(c2cccc(Oc3ccc([N+](=O)[O-])cc3)c2)c2c(nc(N)c(C#N)c2N)N1. The van der Waals surface area contributed by atoms with Crippen molar-refractivity contribution in [3.05, 3.63) is 75.3 Å². The minimum absolute atomic E-state index is 0.0331. The van der Waals surface area contributed by atoms with Crippen LogP contribution in [0.25, 0.3) is 0 Å². The Morgan fingerprint density at radius 3 is 2.58 bits per heavy atom. The number of nitro benzene ring substituents is 1. The van der Waals surface area contributed by atoms with E-state index in [4.69, 9.17) is 21.5 Å². The zero-order chi connectivity index (χ0) is 23.5. The highest BCUT2D eigenvalue weighted by atomic mass is 16.6. The van der Waals surface area contributed by atoms with E-state index in [0.717, 1.165) is 0 Å². The van der Waals surface area contributed by atoms with Crippen LogP contribution < -0.4 is 26.8 Å². The summed E-state index contributed by atoms with van der Waals surface area (Å²) in [5.74, 6) is 1.19. The molecular weight excluding hydrogens is 426 g/mol. The van der Waals surface area contributed by atoms with Crippen molar-refractivity contribution < 1.29 is 9.66 Å². The lowest BCUT2D eigenvalue weighted by atomic mass is 9.95. The number of benzene rings is 2. The number of nitrogens with zero attached hydrogens (tertiary/aromatic N) is 5. The average molecular weight is 441 g/mol. The highest BCUT2D eigenvalue weighted by molar-refractivity contribution is 5.98. The lowest BCUT2D eigenvalue weighted by molar-refractivity contribution is -0.384. The Bertz CT molecular complexity index is 1370. The second-order valence-corrected chi connectivity index (χ2v) is 6.83. The molecule has 12 nitrogen and oxygen atoms in total. The van der Waals surface area contributed by atoms with Gasteiger partial charge in [-0.2, -0.15) is 10.5 Å². The first-order chi connectivity index (χ1) is 15.9. The van der Waals surface area contributed by atoms with E-state index in [1.54, 1.807) is 30.5 Å². The predicted octanol–water partition coefficient (Wildman–Crippen LogP) is 2.76. The van der Waals surface area contributed by atoms with E-state index in [1.807, 2.05) is 6.07 Å². The standard InChI is InChI=1S/C21H15N9O3/c22-9-15-17(24)16-18(27-21(26-10-23)29-20(16)28-19(15)25)11-2-1-3-14(8-11)33-13-6-4-12(5-7-13)30(31)32/h1-8,18H,(H6,24,25,26,27,28,29). The first-order valence-electron chi connectivity index (χ1n) is 9.42. The Morgan fingerprint density at radius 2 is 1.91 bits per heavy atom. The summed E-state index contributed by atoms with van der Waals surface area (Å²) in [5.41, 5.74) is 13.3.